The predicted octanol–water partition coefficient (Wildman–Crippen LogP) is 2.20. The summed E-state index contributed by atoms with van der Waals surface area (Å²) in [6.45, 7) is 4.00. The summed E-state index contributed by atoms with van der Waals surface area (Å²) in [6, 6.07) is 6.09. The molecule has 0 spiro atoms. The highest BCUT2D eigenvalue weighted by Crippen LogP contribution is 2.28. The van der Waals surface area contributed by atoms with Gasteiger partial charge in [0.1, 0.15) is 5.82 Å². The van der Waals surface area contributed by atoms with Crippen molar-refractivity contribution >= 4 is 0 Å². The summed E-state index contributed by atoms with van der Waals surface area (Å²) in [6.07, 6.45) is 0. The Balaban J connectivity index is 1.87. The van der Waals surface area contributed by atoms with Gasteiger partial charge in [-0.3, -0.25) is 0 Å². The van der Waals surface area contributed by atoms with Crippen molar-refractivity contribution in [1.29, 1.82) is 0 Å². The van der Waals surface area contributed by atoms with Gasteiger partial charge in [0.05, 0.1) is 5.92 Å². The van der Waals surface area contributed by atoms with Crippen molar-refractivity contribution in [1.82, 2.24) is 15.5 Å². The zero-order chi connectivity index (χ0) is 12.5. The SMILES string of the molecule is CC1CNCC1c1nc(-c2ccc(F)cc2)no1. The van der Waals surface area contributed by atoms with E-state index < -0.39 is 0 Å². The zero-order valence-electron chi connectivity index (χ0n) is 10.1. The highest BCUT2D eigenvalue weighted by atomic mass is 19.1. The monoisotopic (exact) mass is 247 g/mol. The maximum absolute atomic E-state index is 12.8. The van der Waals surface area contributed by atoms with E-state index in [0.29, 0.717) is 17.6 Å². The molecule has 2 unspecified atom stereocenters. The molecule has 5 heteroatoms. The molecule has 1 aliphatic rings. The molecule has 3 rings (SSSR count). The second-order valence-corrected chi connectivity index (χ2v) is 4.71. The van der Waals surface area contributed by atoms with E-state index in [1.54, 1.807) is 12.1 Å². The number of benzene rings is 1. The Kier molecular flexibility index (Phi) is 2.83. The van der Waals surface area contributed by atoms with Gasteiger partial charge in [0.15, 0.2) is 0 Å². The smallest absolute Gasteiger partial charge is 0.231 e. The van der Waals surface area contributed by atoms with Crippen LogP contribution in [0.5, 0.6) is 0 Å². The minimum atomic E-state index is -0.268. The maximum Gasteiger partial charge on any atom is 0.231 e. The van der Waals surface area contributed by atoms with E-state index >= 15 is 0 Å². The van der Waals surface area contributed by atoms with Crippen molar-refractivity contribution in [2.24, 2.45) is 5.92 Å². The van der Waals surface area contributed by atoms with Crippen LogP contribution in [0.1, 0.15) is 18.7 Å². The molecule has 2 aromatic rings. The number of halogens is 1. The highest BCUT2D eigenvalue weighted by molar-refractivity contribution is 5.53. The molecule has 18 heavy (non-hydrogen) atoms. The van der Waals surface area contributed by atoms with Gasteiger partial charge in [0, 0.05) is 12.1 Å². The van der Waals surface area contributed by atoms with E-state index in [2.05, 4.69) is 22.4 Å². The van der Waals surface area contributed by atoms with E-state index in [9.17, 15) is 4.39 Å². The standard InChI is InChI=1S/C13H14FN3O/c1-8-6-15-7-11(8)13-16-12(17-18-13)9-2-4-10(14)5-3-9/h2-5,8,11,15H,6-7H2,1H3. The molecular formula is C13H14FN3O. The van der Waals surface area contributed by atoms with Crippen molar-refractivity contribution < 1.29 is 8.91 Å². The molecule has 1 aliphatic heterocycles. The number of hydrogen-bond donors (Lipinski definition) is 1. The second kappa shape index (κ2) is 4.49. The first-order valence-corrected chi connectivity index (χ1v) is 6.04. The minimum absolute atomic E-state index is 0.268. The molecule has 2 heterocycles. The molecule has 0 bridgehead atoms. The molecule has 1 aromatic heterocycles. The quantitative estimate of drug-likeness (QED) is 0.883. The summed E-state index contributed by atoms with van der Waals surface area (Å²) in [5, 5.41) is 7.26. The lowest BCUT2D eigenvalue weighted by Crippen LogP contribution is -2.08. The van der Waals surface area contributed by atoms with Gasteiger partial charge < -0.3 is 9.84 Å². The summed E-state index contributed by atoms with van der Waals surface area (Å²) in [7, 11) is 0. The van der Waals surface area contributed by atoms with Crippen molar-refractivity contribution in [3.63, 3.8) is 0 Å². The van der Waals surface area contributed by atoms with Crippen LogP contribution in [-0.2, 0) is 0 Å². The minimum Gasteiger partial charge on any atom is -0.339 e. The van der Waals surface area contributed by atoms with E-state index in [1.165, 1.54) is 12.1 Å². The Morgan fingerprint density at radius 3 is 2.72 bits per heavy atom. The molecule has 1 saturated heterocycles. The molecule has 1 aromatic carbocycles. The van der Waals surface area contributed by atoms with Crippen LogP contribution in [0.4, 0.5) is 4.39 Å². The molecule has 4 nitrogen and oxygen atoms in total. The third-order valence-corrected chi connectivity index (χ3v) is 3.38. The van der Waals surface area contributed by atoms with Gasteiger partial charge in [-0.2, -0.15) is 4.98 Å². The van der Waals surface area contributed by atoms with Crippen LogP contribution in [0.15, 0.2) is 28.8 Å². The Morgan fingerprint density at radius 2 is 2.06 bits per heavy atom. The first-order chi connectivity index (χ1) is 8.74. The van der Waals surface area contributed by atoms with Gasteiger partial charge in [-0.25, -0.2) is 4.39 Å². The van der Waals surface area contributed by atoms with Crippen LogP contribution in [0.2, 0.25) is 0 Å². The van der Waals surface area contributed by atoms with Gasteiger partial charge in [-0.15, -0.1) is 0 Å². The van der Waals surface area contributed by atoms with Crippen LogP contribution in [0.3, 0.4) is 0 Å². The molecule has 94 valence electrons. The van der Waals surface area contributed by atoms with Crippen molar-refractivity contribution in [2.45, 2.75) is 12.8 Å². The van der Waals surface area contributed by atoms with Crippen LogP contribution < -0.4 is 5.32 Å². The lowest BCUT2D eigenvalue weighted by molar-refractivity contribution is 0.340. The van der Waals surface area contributed by atoms with Crippen molar-refractivity contribution in [2.75, 3.05) is 13.1 Å². The third kappa shape index (κ3) is 2.01. The predicted molar refractivity (Wildman–Crippen MR) is 64.5 cm³/mol. The lowest BCUT2D eigenvalue weighted by atomic mass is 9.98. The number of nitrogens with zero attached hydrogens (tertiary/aromatic N) is 2. The van der Waals surface area contributed by atoms with Crippen LogP contribution >= 0.6 is 0 Å². The highest BCUT2D eigenvalue weighted by Gasteiger charge is 2.29. The van der Waals surface area contributed by atoms with Gasteiger partial charge in [0.25, 0.3) is 0 Å². The van der Waals surface area contributed by atoms with Crippen LogP contribution in [-0.4, -0.2) is 23.2 Å². The Bertz CT molecular complexity index is 537. The van der Waals surface area contributed by atoms with Crippen LogP contribution in [0.25, 0.3) is 11.4 Å². The maximum atomic E-state index is 12.8. The molecule has 1 N–H and O–H groups in total. The van der Waals surface area contributed by atoms with Crippen molar-refractivity contribution in [3.05, 3.63) is 36.0 Å². The molecule has 2 atom stereocenters. The van der Waals surface area contributed by atoms with E-state index in [4.69, 9.17) is 4.52 Å². The zero-order valence-corrected chi connectivity index (χ0v) is 10.1. The number of rotatable bonds is 2. The summed E-state index contributed by atoms with van der Waals surface area (Å²) in [4.78, 5) is 4.40. The molecule has 0 amide bonds. The average molecular weight is 247 g/mol. The molecular weight excluding hydrogens is 233 g/mol. The second-order valence-electron chi connectivity index (χ2n) is 4.71. The Hall–Kier alpha value is -1.75. The average Bonchev–Trinajstić information content (AvgIpc) is 2.98. The summed E-state index contributed by atoms with van der Waals surface area (Å²) in [5.74, 6) is 1.67. The molecule has 0 aliphatic carbocycles. The van der Waals surface area contributed by atoms with Gasteiger partial charge >= 0.3 is 0 Å². The normalized spacial score (nSPS) is 23.4. The van der Waals surface area contributed by atoms with Crippen molar-refractivity contribution in [3.8, 4) is 11.4 Å². The van der Waals surface area contributed by atoms with E-state index in [0.717, 1.165) is 18.7 Å². The summed E-state index contributed by atoms with van der Waals surface area (Å²) in [5.41, 5.74) is 0.769. The molecule has 0 saturated carbocycles. The fourth-order valence-electron chi connectivity index (χ4n) is 2.24. The molecule has 0 radical (unpaired) electrons. The van der Waals surface area contributed by atoms with E-state index in [1.807, 2.05) is 0 Å². The van der Waals surface area contributed by atoms with Gasteiger partial charge in [0.2, 0.25) is 11.7 Å². The number of hydrogen-bond acceptors (Lipinski definition) is 4. The Labute approximate surface area is 104 Å². The van der Waals surface area contributed by atoms with Gasteiger partial charge in [-0.1, -0.05) is 12.1 Å². The number of nitrogens with one attached hydrogen (secondary N) is 1. The van der Waals surface area contributed by atoms with E-state index in [-0.39, 0.29) is 11.7 Å². The summed E-state index contributed by atoms with van der Waals surface area (Å²) < 4.78 is 18.1. The number of aromatic nitrogens is 2. The molecule has 1 fully saturated rings. The van der Waals surface area contributed by atoms with Crippen LogP contribution in [0, 0.1) is 11.7 Å². The lowest BCUT2D eigenvalue weighted by Gasteiger charge is -2.07. The Morgan fingerprint density at radius 1 is 1.28 bits per heavy atom. The largest absolute Gasteiger partial charge is 0.339 e. The first-order valence-electron chi connectivity index (χ1n) is 6.04. The fourth-order valence-corrected chi connectivity index (χ4v) is 2.24. The third-order valence-electron chi connectivity index (χ3n) is 3.38. The van der Waals surface area contributed by atoms with Gasteiger partial charge in [-0.05, 0) is 36.7 Å². The topological polar surface area (TPSA) is 51.0 Å². The summed E-state index contributed by atoms with van der Waals surface area (Å²) >= 11 is 0. The fraction of sp³-hybridized carbons (Fsp3) is 0.385. The first kappa shape index (κ1) is 11.3.